The third-order valence-corrected chi connectivity index (χ3v) is 4.81. The molecule has 0 radical (unpaired) electrons. The summed E-state index contributed by atoms with van der Waals surface area (Å²) in [4.78, 5) is 14.0. The van der Waals surface area contributed by atoms with Gasteiger partial charge in [-0.1, -0.05) is 35.9 Å². The smallest absolute Gasteiger partial charge is 0.194 e. The molecule has 6 heteroatoms. The highest BCUT2D eigenvalue weighted by atomic mass is 16.5. The number of nitrogens with one attached hydrogen (secondary N) is 1. The normalized spacial score (nSPS) is 14.8. The molecule has 1 aromatic carbocycles. The molecule has 0 saturated carbocycles. The average molecular weight is 382 g/mol. The van der Waals surface area contributed by atoms with Gasteiger partial charge in [-0.2, -0.15) is 0 Å². The van der Waals surface area contributed by atoms with Gasteiger partial charge in [0.05, 0.1) is 19.8 Å². The number of hydrogen-bond acceptors (Lipinski definition) is 4. The van der Waals surface area contributed by atoms with Gasteiger partial charge >= 0.3 is 0 Å². The first kappa shape index (κ1) is 20.1. The number of aryl methyl sites for hydroxylation is 1. The maximum Gasteiger partial charge on any atom is 0.194 e. The fourth-order valence-corrected chi connectivity index (χ4v) is 3.29. The van der Waals surface area contributed by atoms with Crippen LogP contribution in [0.1, 0.15) is 23.6 Å². The molecular weight excluding hydrogens is 350 g/mol. The summed E-state index contributed by atoms with van der Waals surface area (Å²) in [6.45, 7) is 9.71. The van der Waals surface area contributed by atoms with Gasteiger partial charge in [-0.25, -0.2) is 9.98 Å². The van der Waals surface area contributed by atoms with E-state index < -0.39 is 0 Å². The summed E-state index contributed by atoms with van der Waals surface area (Å²) < 4.78 is 5.47. The Balaban J connectivity index is 1.72. The first-order valence-corrected chi connectivity index (χ1v) is 9.99. The van der Waals surface area contributed by atoms with E-state index in [1.54, 1.807) is 0 Å². The predicted molar refractivity (Wildman–Crippen MR) is 115 cm³/mol. The molecule has 6 nitrogen and oxygen atoms in total. The van der Waals surface area contributed by atoms with Crippen LogP contribution in [0.4, 0.5) is 5.82 Å². The minimum Gasteiger partial charge on any atom is -0.378 e. The van der Waals surface area contributed by atoms with Crippen molar-refractivity contribution in [1.29, 1.82) is 0 Å². The standard InChI is InChI=1S/C22H31N5O/c1-4-23-22(26(3)17-19-9-7-18(2)8-10-19)25-16-20-6-5-11-24-21(20)27-12-14-28-15-13-27/h5-11H,4,12-17H2,1-3H3,(H,23,25). The molecule has 0 atom stereocenters. The van der Waals surface area contributed by atoms with Gasteiger partial charge in [0, 0.05) is 45.0 Å². The quantitative estimate of drug-likeness (QED) is 0.616. The van der Waals surface area contributed by atoms with E-state index in [0.29, 0.717) is 6.54 Å². The van der Waals surface area contributed by atoms with E-state index in [1.165, 1.54) is 11.1 Å². The molecule has 3 rings (SSSR count). The van der Waals surface area contributed by atoms with Crippen molar-refractivity contribution in [1.82, 2.24) is 15.2 Å². The number of ether oxygens (including phenoxy) is 1. The molecule has 1 aromatic heterocycles. The Labute approximate surface area is 168 Å². The lowest BCUT2D eigenvalue weighted by molar-refractivity contribution is 0.122. The highest BCUT2D eigenvalue weighted by Gasteiger charge is 2.16. The third-order valence-electron chi connectivity index (χ3n) is 4.81. The summed E-state index contributed by atoms with van der Waals surface area (Å²) in [6, 6.07) is 12.7. The molecule has 0 spiro atoms. The van der Waals surface area contributed by atoms with Crippen LogP contribution in [0.2, 0.25) is 0 Å². The second-order valence-electron chi connectivity index (χ2n) is 7.10. The van der Waals surface area contributed by atoms with Crippen LogP contribution >= 0.6 is 0 Å². The van der Waals surface area contributed by atoms with Crippen molar-refractivity contribution in [2.45, 2.75) is 26.9 Å². The number of nitrogens with zero attached hydrogens (tertiary/aromatic N) is 4. The molecule has 2 heterocycles. The number of benzene rings is 1. The molecule has 1 N–H and O–H groups in total. The Morgan fingerprint density at radius 1 is 1.21 bits per heavy atom. The Bertz CT molecular complexity index is 769. The third kappa shape index (κ3) is 5.45. The van der Waals surface area contributed by atoms with Gasteiger partial charge in [-0.3, -0.25) is 0 Å². The summed E-state index contributed by atoms with van der Waals surface area (Å²) in [5, 5.41) is 3.41. The fraction of sp³-hybridized carbons (Fsp3) is 0.455. The van der Waals surface area contributed by atoms with E-state index in [0.717, 1.165) is 56.7 Å². The van der Waals surface area contributed by atoms with Gasteiger partial charge in [-0.05, 0) is 25.5 Å². The van der Waals surface area contributed by atoms with Gasteiger partial charge in [0.2, 0.25) is 0 Å². The summed E-state index contributed by atoms with van der Waals surface area (Å²) in [7, 11) is 2.08. The fourth-order valence-electron chi connectivity index (χ4n) is 3.29. The Morgan fingerprint density at radius 3 is 2.68 bits per heavy atom. The highest BCUT2D eigenvalue weighted by Crippen LogP contribution is 2.19. The predicted octanol–water partition coefficient (Wildman–Crippen LogP) is 2.82. The van der Waals surface area contributed by atoms with Crippen molar-refractivity contribution in [2.75, 3.05) is 44.8 Å². The van der Waals surface area contributed by atoms with Crippen LogP contribution in [-0.2, 0) is 17.8 Å². The summed E-state index contributed by atoms with van der Waals surface area (Å²) in [5.74, 6) is 1.92. The zero-order valence-corrected chi connectivity index (χ0v) is 17.2. The topological polar surface area (TPSA) is 53.0 Å². The molecule has 2 aromatic rings. The Morgan fingerprint density at radius 2 is 1.96 bits per heavy atom. The average Bonchev–Trinajstić information content (AvgIpc) is 2.73. The van der Waals surface area contributed by atoms with Crippen molar-refractivity contribution in [3.8, 4) is 0 Å². The molecule has 28 heavy (non-hydrogen) atoms. The van der Waals surface area contributed by atoms with Gasteiger partial charge in [0.1, 0.15) is 5.82 Å². The number of aliphatic imine (C=N–C) groups is 1. The Kier molecular flexibility index (Phi) is 7.25. The lowest BCUT2D eigenvalue weighted by Crippen LogP contribution is -2.39. The van der Waals surface area contributed by atoms with E-state index in [2.05, 4.69) is 71.3 Å². The maximum absolute atomic E-state index is 5.47. The van der Waals surface area contributed by atoms with Crippen LogP contribution in [0.3, 0.4) is 0 Å². The van der Waals surface area contributed by atoms with Crippen molar-refractivity contribution in [3.05, 3.63) is 59.3 Å². The summed E-state index contributed by atoms with van der Waals surface area (Å²) in [6.07, 6.45) is 1.85. The van der Waals surface area contributed by atoms with Crippen LogP contribution in [-0.4, -0.2) is 55.7 Å². The van der Waals surface area contributed by atoms with E-state index in [-0.39, 0.29) is 0 Å². The first-order chi connectivity index (χ1) is 13.7. The zero-order valence-electron chi connectivity index (χ0n) is 17.2. The number of pyridine rings is 1. The number of morpholine rings is 1. The second-order valence-corrected chi connectivity index (χ2v) is 7.10. The zero-order chi connectivity index (χ0) is 19.8. The van der Waals surface area contributed by atoms with Crippen LogP contribution < -0.4 is 10.2 Å². The molecule has 1 fully saturated rings. The minimum absolute atomic E-state index is 0.598. The monoisotopic (exact) mass is 381 g/mol. The molecule has 0 unspecified atom stereocenters. The van der Waals surface area contributed by atoms with E-state index in [9.17, 15) is 0 Å². The molecule has 0 amide bonds. The number of hydrogen-bond donors (Lipinski definition) is 1. The SMILES string of the molecule is CCNC(=NCc1cccnc1N1CCOCC1)N(C)Cc1ccc(C)cc1. The van der Waals surface area contributed by atoms with Crippen LogP contribution in [0.25, 0.3) is 0 Å². The molecule has 1 aliphatic heterocycles. The summed E-state index contributed by atoms with van der Waals surface area (Å²) in [5.41, 5.74) is 3.69. The lowest BCUT2D eigenvalue weighted by atomic mass is 10.1. The maximum atomic E-state index is 5.47. The van der Waals surface area contributed by atoms with Crippen molar-refractivity contribution in [3.63, 3.8) is 0 Å². The molecule has 1 saturated heterocycles. The largest absolute Gasteiger partial charge is 0.378 e. The van der Waals surface area contributed by atoms with Gasteiger partial charge < -0.3 is 19.9 Å². The van der Waals surface area contributed by atoms with Crippen LogP contribution in [0.5, 0.6) is 0 Å². The lowest BCUT2D eigenvalue weighted by Gasteiger charge is -2.29. The van der Waals surface area contributed by atoms with Gasteiger partial charge in [0.15, 0.2) is 5.96 Å². The van der Waals surface area contributed by atoms with E-state index >= 15 is 0 Å². The van der Waals surface area contributed by atoms with Crippen molar-refractivity contribution >= 4 is 11.8 Å². The van der Waals surface area contributed by atoms with Crippen molar-refractivity contribution in [2.24, 2.45) is 4.99 Å². The molecule has 0 aliphatic carbocycles. The second kappa shape index (κ2) is 10.1. The van der Waals surface area contributed by atoms with Gasteiger partial charge in [-0.15, -0.1) is 0 Å². The van der Waals surface area contributed by atoms with Crippen LogP contribution in [0, 0.1) is 6.92 Å². The highest BCUT2D eigenvalue weighted by molar-refractivity contribution is 5.79. The number of anilines is 1. The minimum atomic E-state index is 0.598. The molecule has 1 aliphatic rings. The van der Waals surface area contributed by atoms with E-state index in [4.69, 9.17) is 9.73 Å². The molecule has 0 bridgehead atoms. The first-order valence-electron chi connectivity index (χ1n) is 9.99. The van der Waals surface area contributed by atoms with Crippen LogP contribution in [0.15, 0.2) is 47.6 Å². The number of aromatic nitrogens is 1. The van der Waals surface area contributed by atoms with E-state index in [1.807, 2.05) is 12.3 Å². The van der Waals surface area contributed by atoms with Gasteiger partial charge in [0.25, 0.3) is 0 Å². The molecular formula is C22H31N5O. The van der Waals surface area contributed by atoms with Crippen molar-refractivity contribution < 1.29 is 4.74 Å². The Hall–Kier alpha value is -2.60. The number of guanidine groups is 1. The summed E-state index contributed by atoms with van der Waals surface area (Å²) >= 11 is 0. The number of rotatable bonds is 6. The molecule has 150 valence electrons.